The topological polar surface area (TPSA) is 50.9 Å². The second-order valence-corrected chi connectivity index (χ2v) is 5.74. The molecule has 1 aromatic heterocycles. The largest absolute Gasteiger partial charge is 0.330 e. The van der Waals surface area contributed by atoms with E-state index in [2.05, 4.69) is 31.1 Å². The molecule has 0 spiro atoms. The molecule has 0 aliphatic carbocycles. The van der Waals surface area contributed by atoms with Gasteiger partial charge >= 0.3 is 0 Å². The van der Waals surface area contributed by atoms with E-state index in [0.717, 1.165) is 32.5 Å². The predicted molar refractivity (Wildman–Crippen MR) is 75.5 cm³/mol. The molecule has 0 amide bonds. The van der Waals surface area contributed by atoms with Crippen LogP contribution in [0.25, 0.3) is 0 Å². The molecule has 1 unspecified atom stereocenters. The highest BCUT2D eigenvalue weighted by atomic mass is 32.1. The van der Waals surface area contributed by atoms with Crippen molar-refractivity contribution in [1.82, 2.24) is 10.3 Å². The first kappa shape index (κ1) is 14.6. The fourth-order valence-electron chi connectivity index (χ4n) is 1.98. The van der Waals surface area contributed by atoms with Crippen LogP contribution in [0, 0.1) is 5.41 Å². The Morgan fingerprint density at radius 1 is 1.47 bits per heavy atom. The van der Waals surface area contributed by atoms with Gasteiger partial charge in [0.25, 0.3) is 0 Å². The minimum atomic E-state index is 0.266. The maximum Gasteiger partial charge on any atom is 0.0965 e. The minimum Gasteiger partial charge on any atom is -0.330 e. The lowest BCUT2D eigenvalue weighted by atomic mass is 9.82. The zero-order valence-corrected chi connectivity index (χ0v) is 12.0. The number of hydrogen-bond acceptors (Lipinski definition) is 4. The lowest BCUT2D eigenvalue weighted by Gasteiger charge is -2.30. The minimum absolute atomic E-state index is 0.266. The molecule has 17 heavy (non-hydrogen) atoms. The molecule has 1 atom stereocenters. The Labute approximate surface area is 109 Å². The van der Waals surface area contributed by atoms with E-state index < -0.39 is 0 Å². The van der Waals surface area contributed by atoms with Gasteiger partial charge in [-0.2, -0.15) is 0 Å². The summed E-state index contributed by atoms with van der Waals surface area (Å²) in [6, 6.07) is 0. The van der Waals surface area contributed by atoms with Crippen LogP contribution in [0.2, 0.25) is 0 Å². The number of rotatable bonds is 8. The van der Waals surface area contributed by atoms with Crippen molar-refractivity contribution >= 4 is 11.3 Å². The molecule has 0 aliphatic heterocycles. The van der Waals surface area contributed by atoms with Gasteiger partial charge in [0.15, 0.2) is 0 Å². The summed E-state index contributed by atoms with van der Waals surface area (Å²) >= 11 is 1.73. The third kappa shape index (κ3) is 4.05. The molecule has 3 N–H and O–H groups in total. The second-order valence-electron chi connectivity index (χ2n) is 4.81. The van der Waals surface area contributed by atoms with Gasteiger partial charge in [-0.15, -0.1) is 11.3 Å². The molecule has 98 valence electrons. The van der Waals surface area contributed by atoms with Gasteiger partial charge in [0, 0.05) is 30.6 Å². The summed E-state index contributed by atoms with van der Waals surface area (Å²) in [5.74, 6) is 0.485. The third-order valence-electron chi connectivity index (χ3n) is 3.76. The maximum atomic E-state index is 5.89. The van der Waals surface area contributed by atoms with Crippen molar-refractivity contribution in [3.05, 3.63) is 16.6 Å². The van der Waals surface area contributed by atoms with Crippen molar-refractivity contribution < 1.29 is 0 Å². The molecule has 1 rings (SSSR count). The van der Waals surface area contributed by atoms with E-state index in [1.807, 2.05) is 11.6 Å². The third-order valence-corrected chi connectivity index (χ3v) is 4.76. The zero-order valence-electron chi connectivity index (χ0n) is 11.2. The van der Waals surface area contributed by atoms with Crippen LogP contribution >= 0.6 is 11.3 Å². The molecule has 0 bridgehead atoms. The lowest BCUT2D eigenvalue weighted by molar-refractivity contribution is 0.258. The van der Waals surface area contributed by atoms with E-state index in [-0.39, 0.29) is 5.41 Å². The smallest absolute Gasteiger partial charge is 0.0965 e. The average Bonchev–Trinajstić information content (AvgIpc) is 2.89. The number of nitrogens with zero attached hydrogens (tertiary/aromatic N) is 1. The molecule has 0 aromatic carbocycles. The Balaban J connectivity index is 2.36. The van der Waals surface area contributed by atoms with E-state index in [4.69, 9.17) is 5.73 Å². The van der Waals surface area contributed by atoms with Gasteiger partial charge in [0.1, 0.15) is 0 Å². The first-order chi connectivity index (χ1) is 8.17. The highest BCUT2D eigenvalue weighted by Crippen LogP contribution is 2.24. The van der Waals surface area contributed by atoms with Crippen LogP contribution in [-0.2, 0) is 0 Å². The first-order valence-electron chi connectivity index (χ1n) is 6.47. The van der Waals surface area contributed by atoms with Gasteiger partial charge in [-0.1, -0.05) is 20.8 Å². The Kier molecular flexibility index (Phi) is 6.09. The lowest BCUT2D eigenvalue weighted by Crippen LogP contribution is -2.40. The summed E-state index contributed by atoms with van der Waals surface area (Å²) in [7, 11) is 0. The summed E-state index contributed by atoms with van der Waals surface area (Å²) in [4.78, 5) is 4.35. The summed E-state index contributed by atoms with van der Waals surface area (Å²) in [6.45, 7) is 9.42. The molecule has 3 nitrogen and oxygen atoms in total. The molecule has 4 heteroatoms. The zero-order chi connectivity index (χ0) is 12.7. The number of nitrogens with one attached hydrogen (secondary N) is 1. The summed E-state index contributed by atoms with van der Waals surface area (Å²) in [5, 5.41) is 6.80. The molecule has 0 saturated carbocycles. The number of thiazole rings is 1. The molecule has 1 aromatic rings. The van der Waals surface area contributed by atoms with Gasteiger partial charge in [-0.05, 0) is 24.8 Å². The Hall–Kier alpha value is -0.450. The molecule has 0 saturated heterocycles. The molecular formula is C13H25N3S. The average molecular weight is 255 g/mol. The summed E-state index contributed by atoms with van der Waals surface area (Å²) in [5.41, 5.74) is 6.16. The van der Waals surface area contributed by atoms with Crippen LogP contribution in [0.1, 0.15) is 44.5 Å². The highest BCUT2D eigenvalue weighted by molar-refractivity contribution is 7.09. The molecule has 0 fully saturated rings. The predicted octanol–water partition coefficient (Wildman–Crippen LogP) is 2.60. The normalized spacial score (nSPS) is 13.9. The van der Waals surface area contributed by atoms with E-state index in [1.165, 1.54) is 5.01 Å². The van der Waals surface area contributed by atoms with Crippen molar-refractivity contribution in [1.29, 1.82) is 0 Å². The summed E-state index contributed by atoms with van der Waals surface area (Å²) < 4.78 is 0. The molecule has 0 aliphatic rings. The van der Waals surface area contributed by atoms with Gasteiger partial charge in [0.2, 0.25) is 0 Å². The standard InChI is InChI=1S/C13H25N3S/c1-4-13(5-2,9-14)10-15-8-11(3)12-16-6-7-17-12/h6-7,11,15H,4-5,8-10,14H2,1-3H3. The number of aromatic nitrogens is 1. The van der Waals surface area contributed by atoms with Crippen molar-refractivity contribution in [2.75, 3.05) is 19.6 Å². The SMILES string of the molecule is CCC(CC)(CN)CNCC(C)c1nccs1. The first-order valence-corrected chi connectivity index (χ1v) is 7.35. The van der Waals surface area contributed by atoms with Gasteiger partial charge in [0.05, 0.1) is 5.01 Å². The van der Waals surface area contributed by atoms with Crippen LogP contribution in [0.5, 0.6) is 0 Å². The van der Waals surface area contributed by atoms with Crippen LogP contribution in [-0.4, -0.2) is 24.6 Å². The van der Waals surface area contributed by atoms with E-state index in [9.17, 15) is 0 Å². The van der Waals surface area contributed by atoms with Gasteiger partial charge in [-0.25, -0.2) is 4.98 Å². The van der Waals surface area contributed by atoms with E-state index >= 15 is 0 Å². The number of nitrogens with two attached hydrogens (primary N) is 1. The van der Waals surface area contributed by atoms with E-state index in [0.29, 0.717) is 5.92 Å². The van der Waals surface area contributed by atoms with Crippen molar-refractivity contribution in [2.45, 2.75) is 39.5 Å². The van der Waals surface area contributed by atoms with Crippen molar-refractivity contribution in [3.63, 3.8) is 0 Å². The van der Waals surface area contributed by atoms with Crippen LogP contribution in [0.4, 0.5) is 0 Å². The fourth-order valence-corrected chi connectivity index (χ4v) is 2.68. The maximum absolute atomic E-state index is 5.89. The van der Waals surface area contributed by atoms with Crippen LogP contribution in [0.3, 0.4) is 0 Å². The van der Waals surface area contributed by atoms with Crippen LogP contribution < -0.4 is 11.1 Å². The molecular weight excluding hydrogens is 230 g/mol. The Morgan fingerprint density at radius 3 is 2.65 bits per heavy atom. The fraction of sp³-hybridized carbons (Fsp3) is 0.769. The van der Waals surface area contributed by atoms with Crippen molar-refractivity contribution in [2.24, 2.45) is 11.1 Å². The Bertz CT molecular complexity index is 285. The molecule has 0 radical (unpaired) electrons. The van der Waals surface area contributed by atoms with Gasteiger partial charge in [-0.3, -0.25) is 0 Å². The molecule has 1 heterocycles. The van der Waals surface area contributed by atoms with E-state index in [1.54, 1.807) is 11.3 Å². The monoisotopic (exact) mass is 255 g/mol. The van der Waals surface area contributed by atoms with Crippen molar-refractivity contribution in [3.8, 4) is 0 Å². The van der Waals surface area contributed by atoms with Crippen LogP contribution in [0.15, 0.2) is 11.6 Å². The highest BCUT2D eigenvalue weighted by Gasteiger charge is 2.24. The van der Waals surface area contributed by atoms with Gasteiger partial charge < -0.3 is 11.1 Å². The quantitative estimate of drug-likeness (QED) is 0.751. The summed E-state index contributed by atoms with van der Waals surface area (Å²) in [6.07, 6.45) is 4.15. The Morgan fingerprint density at radius 2 is 2.18 bits per heavy atom. The number of hydrogen-bond donors (Lipinski definition) is 2. The second kappa shape index (κ2) is 7.09.